The molecule has 0 aliphatic heterocycles. The minimum atomic E-state index is -0.0318. The molecule has 0 bridgehead atoms. The lowest BCUT2D eigenvalue weighted by molar-refractivity contribution is 0.0943. The quantitative estimate of drug-likeness (QED) is 0.657. The van der Waals surface area contributed by atoms with Gasteiger partial charge in [0.25, 0.3) is 0 Å². The monoisotopic (exact) mass is 391 g/mol. The van der Waals surface area contributed by atoms with Crippen molar-refractivity contribution in [3.05, 3.63) is 54.6 Å². The van der Waals surface area contributed by atoms with Gasteiger partial charge in [-0.25, -0.2) is 0 Å². The molecule has 0 spiro atoms. The van der Waals surface area contributed by atoms with Crippen molar-refractivity contribution in [2.24, 2.45) is 0 Å². The van der Waals surface area contributed by atoms with Crippen LogP contribution in [-0.2, 0) is 6.54 Å². The third-order valence-corrected chi connectivity index (χ3v) is 4.94. The Kier molecular flexibility index (Phi) is 5.64. The van der Waals surface area contributed by atoms with E-state index in [0.29, 0.717) is 22.2 Å². The lowest BCUT2D eigenvalue weighted by atomic mass is 10.1. The highest BCUT2D eigenvalue weighted by Crippen LogP contribution is 2.23. The number of hydrogen-bond donors (Lipinski definition) is 0. The predicted molar refractivity (Wildman–Crippen MR) is 89.1 cm³/mol. The van der Waals surface area contributed by atoms with Crippen molar-refractivity contribution in [1.82, 2.24) is 4.90 Å². The van der Waals surface area contributed by atoms with E-state index in [-0.39, 0.29) is 5.78 Å². The highest BCUT2D eigenvalue weighted by Gasteiger charge is 2.14. The van der Waals surface area contributed by atoms with E-state index in [1.165, 1.54) is 4.88 Å². The van der Waals surface area contributed by atoms with Crippen LogP contribution in [0.5, 0.6) is 0 Å². The molecule has 0 radical (unpaired) electrons. The molecular weight excluding hydrogens is 381 g/mol. The number of carbonyl (C=O) groups is 1. The molecule has 0 N–H and O–H groups in total. The van der Waals surface area contributed by atoms with Crippen LogP contribution in [0.3, 0.4) is 0 Å². The number of ketones is 1. The second kappa shape index (κ2) is 7.05. The van der Waals surface area contributed by atoms with E-state index < -0.39 is 0 Å². The molecule has 1 aromatic heterocycles. The summed E-state index contributed by atoms with van der Waals surface area (Å²) in [6, 6.07) is 6.99. The second-order valence-electron chi connectivity index (χ2n) is 4.45. The van der Waals surface area contributed by atoms with Crippen LogP contribution in [0.2, 0.25) is 10.0 Å². The molecule has 2 rings (SSSR count). The maximum Gasteiger partial charge on any atom is 0.178 e. The summed E-state index contributed by atoms with van der Waals surface area (Å²) in [6.45, 7) is 1.02. The van der Waals surface area contributed by atoms with Crippen molar-refractivity contribution in [3.63, 3.8) is 0 Å². The van der Waals surface area contributed by atoms with Crippen LogP contribution in [0.4, 0.5) is 0 Å². The van der Waals surface area contributed by atoms with Gasteiger partial charge in [-0.15, -0.1) is 11.3 Å². The smallest absolute Gasteiger partial charge is 0.178 e. The summed E-state index contributed by atoms with van der Waals surface area (Å²) in [6.07, 6.45) is 0. The standard InChI is InChI=1S/C14H12BrCl2NOS/c1-18(6-11-4-9(15)8-20-11)7-14(19)12-5-10(16)2-3-13(12)17/h2-5,8H,6-7H2,1H3. The highest BCUT2D eigenvalue weighted by molar-refractivity contribution is 9.10. The van der Waals surface area contributed by atoms with Crippen molar-refractivity contribution in [3.8, 4) is 0 Å². The number of likely N-dealkylation sites (N-methyl/N-ethyl adjacent to an activating group) is 1. The van der Waals surface area contributed by atoms with Gasteiger partial charge >= 0.3 is 0 Å². The topological polar surface area (TPSA) is 20.3 Å². The molecule has 2 aromatic rings. The average Bonchev–Trinajstić information content (AvgIpc) is 2.77. The first-order chi connectivity index (χ1) is 9.45. The third kappa shape index (κ3) is 4.30. The Hall–Kier alpha value is -0.390. The Morgan fingerprint density at radius 3 is 2.75 bits per heavy atom. The van der Waals surface area contributed by atoms with Gasteiger partial charge < -0.3 is 0 Å². The van der Waals surface area contributed by atoms with E-state index in [1.54, 1.807) is 29.5 Å². The largest absolute Gasteiger partial charge is 0.294 e. The van der Waals surface area contributed by atoms with Gasteiger partial charge in [-0.1, -0.05) is 23.2 Å². The predicted octanol–water partition coefficient (Wildman–Crippen LogP) is 5.13. The van der Waals surface area contributed by atoms with Gasteiger partial charge in [-0.05, 0) is 47.2 Å². The summed E-state index contributed by atoms with van der Waals surface area (Å²) in [7, 11) is 1.91. The van der Waals surface area contributed by atoms with Crippen LogP contribution in [0.15, 0.2) is 34.1 Å². The third-order valence-electron chi connectivity index (χ3n) is 2.69. The first-order valence-corrected chi connectivity index (χ1v) is 8.28. The van der Waals surface area contributed by atoms with E-state index in [0.717, 1.165) is 11.0 Å². The summed E-state index contributed by atoms with van der Waals surface area (Å²) in [5.74, 6) is -0.0318. The number of carbonyl (C=O) groups excluding carboxylic acids is 1. The molecular formula is C14H12BrCl2NOS. The van der Waals surface area contributed by atoms with Crippen LogP contribution in [0.1, 0.15) is 15.2 Å². The molecule has 0 saturated carbocycles. The fourth-order valence-corrected chi connectivity index (χ4v) is 3.73. The van der Waals surface area contributed by atoms with Gasteiger partial charge in [0.15, 0.2) is 5.78 Å². The minimum absolute atomic E-state index is 0.0318. The zero-order chi connectivity index (χ0) is 14.7. The van der Waals surface area contributed by atoms with Crippen LogP contribution < -0.4 is 0 Å². The van der Waals surface area contributed by atoms with Crippen LogP contribution in [-0.4, -0.2) is 24.3 Å². The molecule has 0 atom stereocenters. The first-order valence-electron chi connectivity index (χ1n) is 5.85. The van der Waals surface area contributed by atoms with Gasteiger partial charge in [-0.3, -0.25) is 9.69 Å². The van der Waals surface area contributed by atoms with E-state index in [4.69, 9.17) is 23.2 Å². The lowest BCUT2D eigenvalue weighted by Gasteiger charge is -2.15. The number of rotatable bonds is 5. The molecule has 2 nitrogen and oxygen atoms in total. The van der Waals surface area contributed by atoms with E-state index in [9.17, 15) is 4.79 Å². The first kappa shape index (κ1) is 16.0. The normalized spacial score (nSPS) is 11.1. The van der Waals surface area contributed by atoms with Crippen molar-refractivity contribution >= 4 is 56.3 Å². The van der Waals surface area contributed by atoms with Crippen LogP contribution >= 0.6 is 50.5 Å². The molecule has 20 heavy (non-hydrogen) atoms. The number of hydrogen-bond acceptors (Lipinski definition) is 3. The Labute approximate surface area is 140 Å². The molecule has 0 fully saturated rings. The summed E-state index contributed by atoms with van der Waals surface area (Å²) >= 11 is 17.0. The molecule has 0 aliphatic rings. The Morgan fingerprint density at radius 1 is 1.35 bits per heavy atom. The van der Waals surface area contributed by atoms with Crippen LogP contribution in [0.25, 0.3) is 0 Å². The molecule has 0 unspecified atom stereocenters. The summed E-state index contributed by atoms with van der Waals surface area (Å²) in [4.78, 5) is 15.4. The Bertz CT molecular complexity index is 629. The number of thiophene rings is 1. The molecule has 106 valence electrons. The molecule has 6 heteroatoms. The molecule has 0 saturated heterocycles. The van der Waals surface area contributed by atoms with Crippen molar-refractivity contribution in [2.45, 2.75) is 6.54 Å². The summed E-state index contributed by atoms with van der Waals surface area (Å²) in [5, 5.41) is 2.98. The van der Waals surface area contributed by atoms with Gasteiger partial charge in [0, 0.05) is 31.9 Å². The zero-order valence-corrected chi connectivity index (χ0v) is 14.6. The highest BCUT2D eigenvalue weighted by atomic mass is 79.9. The Morgan fingerprint density at radius 2 is 2.10 bits per heavy atom. The maximum absolute atomic E-state index is 12.2. The van der Waals surface area contributed by atoms with Crippen LogP contribution in [0, 0.1) is 0 Å². The maximum atomic E-state index is 12.2. The van der Waals surface area contributed by atoms with E-state index in [1.807, 2.05) is 17.3 Å². The molecule has 1 aromatic carbocycles. The number of nitrogens with zero attached hydrogens (tertiary/aromatic N) is 1. The fraction of sp³-hybridized carbons (Fsp3) is 0.214. The van der Waals surface area contributed by atoms with Crippen molar-refractivity contribution in [2.75, 3.05) is 13.6 Å². The molecule has 0 amide bonds. The van der Waals surface area contributed by atoms with E-state index in [2.05, 4.69) is 22.0 Å². The van der Waals surface area contributed by atoms with Crippen molar-refractivity contribution in [1.29, 1.82) is 0 Å². The van der Waals surface area contributed by atoms with Gasteiger partial charge in [-0.2, -0.15) is 0 Å². The van der Waals surface area contributed by atoms with E-state index >= 15 is 0 Å². The van der Waals surface area contributed by atoms with Gasteiger partial charge in [0.1, 0.15) is 0 Å². The SMILES string of the molecule is CN(CC(=O)c1cc(Cl)ccc1Cl)Cc1cc(Br)cs1. The summed E-state index contributed by atoms with van der Waals surface area (Å²) < 4.78 is 1.06. The van der Waals surface area contributed by atoms with Gasteiger partial charge in [0.2, 0.25) is 0 Å². The second-order valence-corrected chi connectivity index (χ2v) is 7.21. The average molecular weight is 393 g/mol. The summed E-state index contributed by atoms with van der Waals surface area (Å²) in [5.41, 5.74) is 0.471. The van der Waals surface area contributed by atoms with Crippen molar-refractivity contribution < 1.29 is 4.79 Å². The number of Topliss-reactive ketones (excluding diaryl/α,β-unsaturated/α-hetero) is 1. The Balaban J connectivity index is 2.02. The number of benzene rings is 1. The fourth-order valence-electron chi connectivity index (χ4n) is 1.80. The number of halogens is 3. The molecule has 1 heterocycles. The zero-order valence-electron chi connectivity index (χ0n) is 10.7. The van der Waals surface area contributed by atoms with Gasteiger partial charge in [0.05, 0.1) is 11.6 Å². The molecule has 0 aliphatic carbocycles. The minimum Gasteiger partial charge on any atom is -0.294 e. The lowest BCUT2D eigenvalue weighted by Crippen LogP contribution is -2.25.